The Morgan fingerprint density at radius 1 is 1.23 bits per heavy atom. The molecule has 31 heavy (non-hydrogen) atoms. The first-order chi connectivity index (χ1) is 14.9. The number of amides is 1. The van der Waals surface area contributed by atoms with E-state index in [2.05, 4.69) is 36.4 Å². The first-order valence-electron chi connectivity index (χ1n) is 8.78. The fraction of sp³-hybridized carbons (Fsp3) is 0.111. The lowest BCUT2D eigenvalue weighted by molar-refractivity contribution is -0.390. The van der Waals surface area contributed by atoms with E-state index >= 15 is 0 Å². The van der Waals surface area contributed by atoms with E-state index in [4.69, 9.17) is 4.42 Å². The van der Waals surface area contributed by atoms with E-state index in [-0.39, 0.29) is 40.9 Å². The van der Waals surface area contributed by atoms with E-state index in [9.17, 15) is 19.3 Å². The first-order valence-corrected chi connectivity index (χ1v) is 9.58. The highest BCUT2D eigenvalue weighted by molar-refractivity contribution is 9.10. The number of halogens is 2. The van der Waals surface area contributed by atoms with Crippen molar-refractivity contribution in [1.29, 1.82) is 0 Å². The molecule has 158 valence electrons. The van der Waals surface area contributed by atoms with Gasteiger partial charge in [0.05, 0.1) is 17.8 Å². The van der Waals surface area contributed by atoms with Gasteiger partial charge >= 0.3 is 5.82 Å². The van der Waals surface area contributed by atoms with Crippen molar-refractivity contribution < 1.29 is 18.5 Å². The van der Waals surface area contributed by atoms with Gasteiger partial charge in [-0.25, -0.2) is 14.1 Å². The number of aromatic nitrogens is 5. The maximum Gasteiger partial charge on any atom is 0.404 e. The van der Waals surface area contributed by atoms with Crippen LogP contribution in [0.5, 0.6) is 0 Å². The molecule has 1 amide bonds. The minimum absolute atomic E-state index is 0.0113. The van der Waals surface area contributed by atoms with E-state index in [1.165, 1.54) is 40.1 Å². The summed E-state index contributed by atoms with van der Waals surface area (Å²) in [5.74, 6) is -0.786. The van der Waals surface area contributed by atoms with Crippen molar-refractivity contribution >= 4 is 33.6 Å². The molecule has 0 aliphatic carbocycles. The smallest absolute Gasteiger partial charge is 0.404 e. The highest BCUT2D eigenvalue weighted by Crippen LogP contribution is 2.23. The molecular weight excluding hydrogens is 477 g/mol. The number of rotatable bonds is 7. The third-order valence-electron chi connectivity index (χ3n) is 4.07. The number of carbonyl (C=O) groups excluding carboxylic acids is 1. The van der Waals surface area contributed by atoms with Gasteiger partial charge in [-0.1, -0.05) is 12.1 Å². The second-order valence-corrected chi connectivity index (χ2v) is 7.23. The lowest BCUT2D eigenvalue weighted by Crippen LogP contribution is -2.12. The molecule has 0 radical (unpaired) electrons. The Morgan fingerprint density at radius 3 is 2.81 bits per heavy atom. The van der Waals surface area contributed by atoms with Gasteiger partial charge < -0.3 is 14.5 Å². The molecule has 13 heteroatoms. The van der Waals surface area contributed by atoms with Crippen LogP contribution in [0.4, 0.5) is 16.2 Å². The zero-order valence-electron chi connectivity index (χ0n) is 15.6. The van der Waals surface area contributed by atoms with Crippen LogP contribution in [0.3, 0.4) is 0 Å². The Labute approximate surface area is 181 Å². The third kappa shape index (κ3) is 4.83. The predicted octanol–water partition coefficient (Wildman–Crippen LogP) is 3.23. The van der Waals surface area contributed by atoms with E-state index in [0.717, 1.165) is 0 Å². The Kier molecular flexibility index (Phi) is 5.58. The SMILES string of the molecule is O=C(Nc1ncn(Cc2cccc(F)c2)n1)c1ccc(Cn2cc(Br)c([N+](=O)[O-])n2)o1. The fourth-order valence-corrected chi connectivity index (χ4v) is 3.21. The lowest BCUT2D eigenvalue weighted by Gasteiger charge is -2.01. The van der Waals surface area contributed by atoms with E-state index in [1.54, 1.807) is 18.2 Å². The van der Waals surface area contributed by atoms with E-state index < -0.39 is 10.8 Å². The van der Waals surface area contributed by atoms with Crippen molar-refractivity contribution in [2.75, 3.05) is 5.32 Å². The number of benzene rings is 1. The zero-order chi connectivity index (χ0) is 22.0. The van der Waals surface area contributed by atoms with E-state index in [1.807, 2.05) is 0 Å². The van der Waals surface area contributed by atoms with Crippen LogP contribution < -0.4 is 5.32 Å². The fourth-order valence-electron chi connectivity index (χ4n) is 2.75. The second kappa shape index (κ2) is 8.47. The normalized spacial score (nSPS) is 10.9. The Hall–Kier alpha value is -3.87. The minimum atomic E-state index is -0.609. The molecule has 0 aliphatic rings. The van der Waals surface area contributed by atoms with Gasteiger partial charge in [0.1, 0.15) is 28.9 Å². The Morgan fingerprint density at radius 2 is 2.06 bits per heavy atom. The number of nitrogens with one attached hydrogen (secondary N) is 1. The van der Waals surface area contributed by atoms with Crippen molar-refractivity contribution in [2.24, 2.45) is 0 Å². The first kappa shape index (κ1) is 20.4. The summed E-state index contributed by atoms with van der Waals surface area (Å²) in [6, 6.07) is 9.10. The average molecular weight is 490 g/mol. The molecular formula is C18H13BrFN7O4. The Balaban J connectivity index is 1.38. The van der Waals surface area contributed by atoms with Crippen molar-refractivity contribution in [2.45, 2.75) is 13.1 Å². The van der Waals surface area contributed by atoms with Gasteiger partial charge in [-0.2, -0.15) is 4.68 Å². The minimum Gasteiger partial charge on any atom is -0.454 e. The molecule has 0 atom stereocenters. The quantitative estimate of drug-likeness (QED) is 0.311. The summed E-state index contributed by atoms with van der Waals surface area (Å²) in [7, 11) is 0. The predicted molar refractivity (Wildman–Crippen MR) is 108 cm³/mol. The summed E-state index contributed by atoms with van der Waals surface area (Å²) in [6.45, 7) is 0.386. The molecule has 0 aliphatic heterocycles. The lowest BCUT2D eigenvalue weighted by atomic mass is 10.2. The molecule has 3 heterocycles. The van der Waals surface area contributed by atoms with Gasteiger partial charge in [-0.05, 0) is 50.7 Å². The van der Waals surface area contributed by atoms with Crippen LogP contribution in [0.1, 0.15) is 21.9 Å². The van der Waals surface area contributed by atoms with Crippen molar-refractivity contribution in [3.8, 4) is 0 Å². The molecule has 4 rings (SSSR count). The van der Waals surface area contributed by atoms with Crippen molar-refractivity contribution in [3.63, 3.8) is 0 Å². The number of nitrogens with zero attached hydrogens (tertiary/aromatic N) is 6. The molecule has 3 aromatic heterocycles. The van der Waals surface area contributed by atoms with Crippen LogP contribution in [0.2, 0.25) is 0 Å². The number of anilines is 1. The third-order valence-corrected chi connectivity index (χ3v) is 4.63. The van der Waals surface area contributed by atoms with Gasteiger partial charge in [0.2, 0.25) is 5.95 Å². The summed E-state index contributed by atoms with van der Waals surface area (Å²) >= 11 is 3.07. The molecule has 0 unspecified atom stereocenters. The maximum absolute atomic E-state index is 13.3. The molecule has 0 saturated carbocycles. The van der Waals surface area contributed by atoms with Crippen LogP contribution >= 0.6 is 15.9 Å². The van der Waals surface area contributed by atoms with Crippen molar-refractivity contribution in [1.82, 2.24) is 24.5 Å². The van der Waals surface area contributed by atoms with Gasteiger partial charge in [-0.3, -0.25) is 10.1 Å². The maximum atomic E-state index is 13.3. The second-order valence-electron chi connectivity index (χ2n) is 6.37. The summed E-state index contributed by atoms with van der Waals surface area (Å²) in [5, 5.41) is 21.3. The highest BCUT2D eigenvalue weighted by Gasteiger charge is 2.20. The van der Waals surface area contributed by atoms with Gasteiger partial charge in [0.15, 0.2) is 5.76 Å². The molecule has 0 saturated heterocycles. The summed E-state index contributed by atoms with van der Waals surface area (Å²) in [6.07, 6.45) is 2.85. The Bertz CT molecular complexity index is 1270. The molecule has 4 aromatic rings. The molecule has 0 spiro atoms. The number of furan rings is 1. The van der Waals surface area contributed by atoms with Gasteiger partial charge in [0, 0.05) is 0 Å². The van der Waals surface area contributed by atoms with Crippen LogP contribution in [0.15, 0.2) is 57.8 Å². The molecule has 1 aromatic carbocycles. The van der Waals surface area contributed by atoms with Gasteiger partial charge in [-0.15, -0.1) is 5.10 Å². The van der Waals surface area contributed by atoms with E-state index in [0.29, 0.717) is 11.3 Å². The molecule has 0 fully saturated rings. The molecule has 11 nitrogen and oxygen atoms in total. The van der Waals surface area contributed by atoms with Crippen LogP contribution in [0, 0.1) is 15.9 Å². The number of hydrogen-bond acceptors (Lipinski definition) is 7. The van der Waals surface area contributed by atoms with Crippen LogP contribution in [0.25, 0.3) is 0 Å². The topological polar surface area (TPSA) is 134 Å². The summed E-state index contributed by atoms with van der Waals surface area (Å²) < 4.78 is 21.8. The molecule has 0 bridgehead atoms. The number of carbonyl (C=O) groups is 1. The summed E-state index contributed by atoms with van der Waals surface area (Å²) in [4.78, 5) is 26.6. The number of hydrogen-bond donors (Lipinski definition) is 1. The monoisotopic (exact) mass is 489 g/mol. The standard InChI is InChI=1S/C18H13BrFN7O4/c19-14-9-25(23-16(14)27(29)30)8-13-4-5-15(31-13)17(28)22-18-21-10-26(24-18)7-11-2-1-3-12(20)6-11/h1-6,9-10H,7-8H2,(H,22,24,28). The van der Waals surface area contributed by atoms with Crippen LogP contribution in [-0.2, 0) is 13.1 Å². The van der Waals surface area contributed by atoms with Crippen molar-refractivity contribution in [3.05, 3.63) is 86.4 Å². The molecule has 1 N–H and O–H groups in total. The zero-order valence-corrected chi connectivity index (χ0v) is 17.2. The highest BCUT2D eigenvalue weighted by atomic mass is 79.9. The van der Waals surface area contributed by atoms with Gasteiger partial charge in [0.25, 0.3) is 5.91 Å². The largest absolute Gasteiger partial charge is 0.454 e. The number of nitro groups is 1. The van der Waals surface area contributed by atoms with Crippen LogP contribution in [-0.4, -0.2) is 35.4 Å². The summed E-state index contributed by atoms with van der Waals surface area (Å²) in [5.41, 5.74) is 0.698. The average Bonchev–Trinajstić information content (AvgIpc) is 3.43.